The highest BCUT2D eigenvalue weighted by atomic mass is 127. The first-order chi connectivity index (χ1) is 6.84. The Morgan fingerprint density at radius 3 is 3.00 bits per heavy atom. The van der Waals surface area contributed by atoms with Crippen LogP contribution in [0.1, 0.15) is 0 Å². The highest BCUT2D eigenvalue weighted by Gasteiger charge is 2.03. The predicted octanol–water partition coefficient (Wildman–Crippen LogP) is 3.45. The fourth-order valence-electron chi connectivity index (χ4n) is 1.53. The van der Waals surface area contributed by atoms with E-state index in [1.807, 2.05) is 0 Å². The number of halogens is 1. The summed E-state index contributed by atoms with van der Waals surface area (Å²) in [5.41, 5.74) is 1.00. The SMILES string of the molecule is Ic1cc2ccc3sccc3c2nn1. The lowest BCUT2D eigenvalue weighted by atomic mass is 10.2. The largest absolute Gasteiger partial charge is 0.149 e. The second kappa shape index (κ2) is 3.13. The molecule has 0 saturated carbocycles. The first kappa shape index (κ1) is 8.55. The molecule has 2 nitrogen and oxygen atoms in total. The van der Waals surface area contributed by atoms with Gasteiger partial charge in [-0.05, 0) is 46.2 Å². The van der Waals surface area contributed by atoms with E-state index in [0.29, 0.717) is 0 Å². The molecule has 0 bridgehead atoms. The van der Waals surface area contributed by atoms with Gasteiger partial charge in [-0.1, -0.05) is 6.07 Å². The van der Waals surface area contributed by atoms with Gasteiger partial charge in [0.1, 0.15) is 9.22 Å². The molecule has 0 aliphatic heterocycles. The molecule has 3 rings (SSSR count). The van der Waals surface area contributed by atoms with Gasteiger partial charge in [-0.2, -0.15) is 0 Å². The maximum Gasteiger partial charge on any atom is 0.124 e. The Hall–Kier alpha value is -0.750. The molecule has 0 amide bonds. The Morgan fingerprint density at radius 1 is 1.14 bits per heavy atom. The minimum Gasteiger partial charge on any atom is -0.149 e. The van der Waals surface area contributed by atoms with E-state index in [-0.39, 0.29) is 0 Å². The molecule has 14 heavy (non-hydrogen) atoms. The number of fused-ring (bicyclic) bond motifs is 3. The van der Waals surface area contributed by atoms with Gasteiger partial charge >= 0.3 is 0 Å². The Morgan fingerprint density at radius 2 is 2.07 bits per heavy atom. The van der Waals surface area contributed by atoms with Gasteiger partial charge in [0.15, 0.2) is 0 Å². The van der Waals surface area contributed by atoms with Gasteiger partial charge in [0.25, 0.3) is 0 Å². The summed E-state index contributed by atoms with van der Waals surface area (Å²) in [5, 5.41) is 12.8. The molecule has 0 radical (unpaired) electrons. The average molecular weight is 312 g/mol. The maximum atomic E-state index is 4.23. The van der Waals surface area contributed by atoms with E-state index in [4.69, 9.17) is 0 Å². The Labute approximate surface area is 98.1 Å². The van der Waals surface area contributed by atoms with Crippen molar-refractivity contribution in [2.75, 3.05) is 0 Å². The maximum absolute atomic E-state index is 4.23. The first-order valence-corrected chi connectivity index (χ1v) is 6.09. The summed E-state index contributed by atoms with van der Waals surface area (Å²) in [6, 6.07) is 8.40. The molecule has 4 heteroatoms. The monoisotopic (exact) mass is 312 g/mol. The van der Waals surface area contributed by atoms with Crippen molar-refractivity contribution in [3.8, 4) is 0 Å². The van der Waals surface area contributed by atoms with Crippen molar-refractivity contribution in [2.24, 2.45) is 0 Å². The summed E-state index contributed by atoms with van der Waals surface area (Å²) < 4.78 is 2.21. The first-order valence-electron chi connectivity index (χ1n) is 4.14. The summed E-state index contributed by atoms with van der Waals surface area (Å²) in [4.78, 5) is 0. The van der Waals surface area contributed by atoms with E-state index < -0.39 is 0 Å². The third kappa shape index (κ3) is 1.21. The summed E-state index contributed by atoms with van der Waals surface area (Å²) in [6.45, 7) is 0. The zero-order valence-corrected chi connectivity index (χ0v) is 10.0. The minimum absolute atomic E-state index is 0.935. The summed E-state index contributed by atoms with van der Waals surface area (Å²) in [6.07, 6.45) is 0. The molecular formula is C10H5IN2S. The molecule has 0 spiro atoms. The fourth-order valence-corrected chi connectivity index (χ4v) is 2.76. The van der Waals surface area contributed by atoms with Crippen LogP contribution < -0.4 is 0 Å². The summed E-state index contributed by atoms with van der Waals surface area (Å²) in [7, 11) is 0. The van der Waals surface area contributed by atoms with Crippen molar-refractivity contribution >= 4 is 54.9 Å². The molecule has 0 fully saturated rings. The van der Waals surface area contributed by atoms with Gasteiger partial charge < -0.3 is 0 Å². The molecule has 2 aromatic heterocycles. The van der Waals surface area contributed by atoms with E-state index in [9.17, 15) is 0 Å². The van der Waals surface area contributed by atoms with Crippen LogP contribution in [0.3, 0.4) is 0 Å². The summed E-state index contributed by atoms with van der Waals surface area (Å²) in [5.74, 6) is 0. The standard InChI is InChI=1S/C10H5IN2S/c11-9-5-6-1-2-8-7(3-4-14-8)10(6)13-12-9/h1-5H. The third-order valence-corrected chi connectivity index (χ3v) is 3.57. The quantitative estimate of drug-likeness (QED) is 0.594. The van der Waals surface area contributed by atoms with Gasteiger partial charge in [0.05, 0.1) is 0 Å². The normalized spacial score (nSPS) is 11.2. The zero-order chi connectivity index (χ0) is 9.54. The van der Waals surface area contributed by atoms with Crippen molar-refractivity contribution in [2.45, 2.75) is 0 Å². The van der Waals surface area contributed by atoms with Crippen LogP contribution in [-0.4, -0.2) is 10.2 Å². The fraction of sp³-hybridized carbons (Fsp3) is 0. The molecule has 3 aromatic rings. The lowest BCUT2D eigenvalue weighted by Crippen LogP contribution is -1.86. The van der Waals surface area contributed by atoms with Crippen LogP contribution in [0.2, 0.25) is 0 Å². The number of thiophene rings is 1. The molecule has 0 atom stereocenters. The summed E-state index contributed by atoms with van der Waals surface area (Å²) >= 11 is 3.92. The average Bonchev–Trinajstić information content (AvgIpc) is 2.65. The van der Waals surface area contributed by atoms with Crippen molar-refractivity contribution in [1.82, 2.24) is 10.2 Å². The van der Waals surface area contributed by atoms with Crippen LogP contribution >= 0.6 is 33.9 Å². The molecular weight excluding hydrogens is 307 g/mol. The van der Waals surface area contributed by atoms with Crippen LogP contribution in [-0.2, 0) is 0 Å². The molecule has 0 aliphatic carbocycles. The van der Waals surface area contributed by atoms with Gasteiger partial charge in [-0.15, -0.1) is 21.5 Å². The zero-order valence-electron chi connectivity index (χ0n) is 7.07. The van der Waals surface area contributed by atoms with Crippen molar-refractivity contribution < 1.29 is 0 Å². The van der Waals surface area contributed by atoms with E-state index in [1.165, 1.54) is 10.1 Å². The Kier molecular flexibility index (Phi) is 1.91. The number of nitrogens with zero attached hydrogens (tertiary/aromatic N) is 2. The number of rotatable bonds is 0. The second-order valence-corrected chi connectivity index (χ2v) is 5.06. The van der Waals surface area contributed by atoms with E-state index >= 15 is 0 Å². The van der Waals surface area contributed by atoms with Crippen molar-refractivity contribution in [3.05, 3.63) is 33.3 Å². The topological polar surface area (TPSA) is 25.8 Å². The van der Waals surface area contributed by atoms with E-state index in [2.05, 4.69) is 62.4 Å². The molecule has 0 unspecified atom stereocenters. The molecule has 0 aliphatic rings. The van der Waals surface area contributed by atoms with Gasteiger partial charge in [-0.25, -0.2) is 0 Å². The molecule has 1 aromatic carbocycles. The van der Waals surface area contributed by atoms with Crippen LogP contribution in [0.25, 0.3) is 21.0 Å². The van der Waals surface area contributed by atoms with Crippen LogP contribution in [0.15, 0.2) is 29.6 Å². The second-order valence-electron chi connectivity index (χ2n) is 3.00. The Balaban J connectivity index is 2.57. The minimum atomic E-state index is 0.935. The predicted molar refractivity (Wildman–Crippen MR) is 67.6 cm³/mol. The Bertz CT molecular complexity index is 618. The lowest BCUT2D eigenvalue weighted by Gasteiger charge is -1.97. The number of aromatic nitrogens is 2. The lowest BCUT2D eigenvalue weighted by molar-refractivity contribution is 1.05. The van der Waals surface area contributed by atoms with Crippen LogP contribution in [0.4, 0.5) is 0 Å². The number of hydrogen-bond acceptors (Lipinski definition) is 3. The smallest absolute Gasteiger partial charge is 0.124 e. The molecule has 2 heterocycles. The van der Waals surface area contributed by atoms with Crippen molar-refractivity contribution in [1.29, 1.82) is 0 Å². The highest BCUT2D eigenvalue weighted by molar-refractivity contribution is 14.1. The molecule has 68 valence electrons. The third-order valence-electron chi connectivity index (χ3n) is 2.16. The van der Waals surface area contributed by atoms with Gasteiger partial charge in [0.2, 0.25) is 0 Å². The van der Waals surface area contributed by atoms with E-state index in [0.717, 1.165) is 14.6 Å². The van der Waals surface area contributed by atoms with Crippen LogP contribution in [0.5, 0.6) is 0 Å². The van der Waals surface area contributed by atoms with Gasteiger partial charge in [0, 0.05) is 15.5 Å². The van der Waals surface area contributed by atoms with Crippen molar-refractivity contribution in [3.63, 3.8) is 0 Å². The number of benzene rings is 1. The van der Waals surface area contributed by atoms with E-state index in [1.54, 1.807) is 11.3 Å². The highest BCUT2D eigenvalue weighted by Crippen LogP contribution is 2.27. The van der Waals surface area contributed by atoms with Gasteiger partial charge in [-0.3, -0.25) is 0 Å². The molecule has 0 N–H and O–H groups in total. The van der Waals surface area contributed by atoms with Crippen LogP contribution in [0, 0.1) is 3.70 Å². The number of hydrogen-bond donors (Lipinski definition) is 0. The molecule has 0 saturated heterocycles.